The lowest BCUT2D eigenvalue weighted by molar-refractivity contribution is -0.153. The van der Waals surface area contributed by atoms with E-state index in [1.165, 1.54) is 12.4 Å². The largest absolute Gasteiger partial charge is 0.481 e. The number of halogens is 3. The molecular weight excluding hydrogens is 285 g/mol. The van der Waals surface area contributed by atoms with Crippen LogP contribution in [0.4, 0.5) is 13.2 Å². The van der Waals surface area contributed by atoms with Gasteiger partial charge in [-0.2, -0.15) is 13.2 Å². The number of aromatic nitrogens is 3. The number of alkyl halides is 3. The molecule has 2 aromatic rings. The number of ether oxygens (including phenoxy) is 1. The molecule has 21 heavy (non-hydrogen) atoms. The van der Waals surface area contributed by atoms with Gasteiger partial charge in [-0.25, -0.2) is 9.97 Å². The van der Waals surface area contributed by atoms with E-state index in [2.05, 4.69) is 19.7 Å². The van der Waals surface area contributed by atoms with E-state index in [1.807, 2.05) is 0 Å². The van der Waals surface area contributed by atoms with Gasteiger partial charge in [-0.1, -0.05) is 0 Å². The molecule has 0 aliphatic heterocycles. The first-order valence-electron chi connectivity index (χ1n) is 6.09. The maximum absolute atomic E-state index is 12.0. The van der Waals surface area contributed by atoms with Crippen LogP contribution in [-0.2, 0) is 0 Å². The van der Waals surface area contributed by atoms with Crippen molar-refractivity contribution >= 4 is 0 Å². The average Bonchev–Trinajstić information content (AvgIpc) is 2.45. The van der Waals surface area contributed by atoms with Crippen LogP contribution in [0, 0.1) is 0 Å². The Morgan fingerprint density at radius 3 is 2.48 bits per heavy atom. The van der Waals surface area contributed by atoms with Crippen molar-refractivity contribution in [2.24, 2.45) is 5.73 Å². The fourth-order valence-corrected chi connectivity index (χ4v) is 1.66. The van der Waals surface area contributed by atoms with E-state index in [0.717, 1.165) is 0 Å². The molecule has 0 aromatic carbocycles. The third kappa shape index (κ3) is 4.12. The summed E-state index contributed by atoms with van der Waals surface area (Å²) >= 11 is 0. The molecule has 112 valence electrons. The van der Waals surface area contributed by atoms with E-state index in [1.54, 1.807) is 25.3 Å². The lowest BCUT2D eigenvalue weighted by Crippen LogP contribution is -2.19. The third-order valence-electron chi connectivity index (χ3n) is 2.54. The van der Waals surface area contributed by atoms with E-state index in [9.17, 15) is 13.2 Å². The van der Waals surface area contributed by atoms with Crippen molar-refractivity contribution in [3.8, 4) is 17.1 Å². The number of nitrogens with zero attached hydrogens (tertiary/aromatic N) is 3. The van der Waals surface area contributed by atoms with Crippen LogP contribution < -0.4 is 10.5 Å². The molecular formula is C13H13F3N4O. The van der Waals surface area contributed by atoms with Crippen LogP contribution in [0.25, 0.3) is 11.4 Å². The van der Waals surface area contributed by atoms with Crippen molar-refractivity contribution in [1.29, 1.82) is 0 Å². The Balaban J connectivity index is 2.20. The van der Waals surface area contributed by atoms with Crippen molar-refractivity contribution in [2.75, 3.05) is 6.61 Å². The van der Waals surface area contributed by atoms with Crippen molar-refractivity contribution < 1.29 is 17.9 Å². The normalized spacial score (nSPS) is 13.0. The molecule has 0 bridgehead atoms. The van der Waals surface area contributed by atoms with E-state index in [4.69, 9.17) is 5.73 Å². The maximum atomic E-state index is 12.0. The smallest absolute Gasteiger partial charge is 0.422 e. The highest BCUT2D eigenvalue weighted by atomic mass is 19.4. The maximum Gasteiger partial charge on any atom is 0.422 e. The molecule has 1 atom stereocenters. The fraction of sp³-hybridized carbons (Fsp3) is 0.308. The highest BCUT2D eigenvalue weighted by Gasteiger charge is 2.28. The molecule has 0 aliphatic carbocycles. The van der Waals surface area contributed by atoms with E-state index < -0.39 is 12.8 Å². The molecule has 0 amide bonds. The number of rotatable bonds is 4. The van der Waals surface area contributed by atoms with Gasteiger partial charge in [-0.3, -0.25) is 4.98 Å². The zero-order valence-electron chi connectivity index (χ0n) is 11.1. The Kier molecular flexibility index (Phi) is 4.37. The van der Waals surface area contributed by atoms with Gasteiger partial charge in [0.15, 0.2) is 18.2 Å². The van der Waals surface area contributed by atoms with Crippen LogP contribution >= 0.6 is 0 Å². The summed E-state index contributed by atoms with van der Waals surface area (Å²) in [5, 5.41) is 0. The Labute approximate surface area is 119 Å². The van der Waals surface area contributed by atoms with E-state index in [-0.39, 0.29) is 11.8 Å². The first kappa shape index (κ1) is 15.2. The SMILES string of the molecule is CC(N)c1ncccc1-c1ncc(OCC(F)(F)F)cn1. The second-order valence-electron chi connectivity index (χ2n) is 4.37. The van der Waals surface area contributed by atoms with Gasteiger partial charge in [-0.05, 0) is 19.1 Å². The summed E-state index contributed by atoms with van der Waals surface area (Å²) in [5.74, 6) is 0.275. The van der Waals surface area contributed by atoms with Crippen molar-refractivity contribution in [2.45, 2.75) is 19.1 Å². The highest BCUT2D eigenvalue weighted by molar-refractivity contribution is 5.58. The molecule has 0 spiro atoms. The summed E-state index contributed by atoms with van der Waals surface area (Å²) in [5.41, 5.74) is 7.06. The Morgan fingerprint density at radius 1 is 1.24 bits per heavy atom. The zero-order chi connectivity index (χ0) is 15.5. The Bertz CT molecular complexity index is 599. The average molecular weight is 298 g/mol. The van der Waals surface area contributed by atoms with Crippen LogP contribution in [0.5, 0.6) is 5.75 Å². The lowest BCUT2D eigenvalue weighted by atomic mass is 10.1. The van der Waals surface area contributed by atoms with Gasteiger partial charge in [0, 0.05) is 17.8 Å². The Morgan fingerprint density at radius 2 is 1.90 bits per heavy atom. The fourth-order valence-electron chi connectivity index (χ4n) is 1.66. The summed E-state index contributed by atoms with van der Waals surface area (Å²) in [7, 11) is 0. The summed E-state index contributed by atoms with van der Waals surface area (Å²) < 4.78 is 40.7. The van der Waals surface area contributed by atoms with Crippen LogP contribution in [0.3, 0.4) is 0 Å². The standard InChI is InChI=1S/C13H13F3N4O/c1-8(17)11-10(3-2-4-18-11)12-19-5-9(6-20-12)21-7-13(14,15)16/h2-6,8H,7,17H2,1H3. The van der Waals surface area contributed by atoms with E-state index in [0.29, 0.717) is 17.1 Å². The van der Waals surface area contributed by atoms with Crippen molar-refractivity contribution in [1.82, 2.24) is 15.0 Å². The summed E-state index contributed by atoms with van der Waals surface area (Å²) in [4.78, 5) is 12.1. The van der Waals surface area contributed by atoms with Crippen molar-refractivity contribution in [3.63, 3.8) is 0 Å². The first-order chi connectivity index (χ1) is 9.87. The third-order valence-corrected chi connectivity index (χ3v) is 2.54. The molecule has 2 aromatic heterocycles. The predicted octanol–water partition coefficient (Wildman–Crippen LogP) is 2.50. The topological polar surface area (TPSA) is 73.9 Å². The minimum atomic E-state index is -4.40. The minimum absolute atomic E-state index is 0.0534. The molecule has 5 nitrogen and oxygen atoms in total. The molecule has 2 N–H and O–H groups in total. The van der Waals surface area contributed by atoms with Crippen LogP contribution in [0.2, 0.25) is 0 Å². The molecule has 1 unspecified atom stereocenters. The van der Waals surface area contributed by atoms with Gasteiger partial charge >= 0.3 is 6.18 Å². The van der Waals surface area contributed by atoms with Gasteiger partial charge in [0.1, 0.15) is 0 Å². The number of hydrogen-bond donors (Lipinski definition) is 1. The van der Waals surface area contributed by atoms with Gasteiger partial charge < -0.3 is 10.5 Å². The predicted molar refractivity (Wildman–Crippen MR) is 69.4 cm³/mol. The minimum Gasteiger partial charge on any atom is -0.481 e. The highest BCUT2D eigenvalue weighted by Crippen LogP contribution is 2.23. The lowest BCUT2D eigenvalue weighted by Gasteiger charge is -2.11. The molecule has 0 radical (unpaired) electrons. The number of hydrogen-bond acceptors (Lipinski definition) is 5. The summed E-state index contributed by atoms with van der Waals surface area (Å²) in [6.07, 6.45) is -0.425. The van der Waals surface area contributed by atoms with Crippen LogP contribution in [0.15, 0.2) is 30.7 Å². The molecule has 0 saturated heterocycles. The zero-order valence-corrected chi connectivity index (χ0v) is 11.1. The molecule has 2 rings (SSSR count). The molecule has 8 heteroatoms. The molecule has 0 aliphatic rings. The van der Waals surface area contributed by atoms with Crippen molar-refractivity contribution in [3.05, 3.63) is 36.4 Å². The quantitative estimate of drug-likeness (QED) is 0.938. The second-order valence-corrected chi connectivity index (χ2v) is 4.37. The van der Waals surface area contributed by atoms with Gasteiger partial charge in [0.25, 0.3) is 0 Å². The first-order valence-corrected chi connectivity index (χ1v) is 6.09. The van der Waals surface area contributed by atoms with Gasteiger partial charge in [-0.15, -0.1) is 0 Å². The summed E-state index contributed by atoms with van der Waals surface area (Å²) in [6, 6.07) is 3.14. The van der Waals surface area contributed by atoms with E-state index >= 15 is 0 Å². The Hall–Kier alpha value is -2.22. The monoisotopic (exact) mass is 298 g/mol. The number of pyridine rings is 1. The second kappa shape index (κ2) is 6.04. The molecule has 2 heterocycles. The number of nitrogens with two attached hydrogens (primary N) is 1. The van der Waals surface area contributed by atoms with Crippen LogP contribution in [0.1, 0.15) is 18.7 Å². The molecule has 0 saturated carbocycles. The van der Waals surface area contributed by atoms with Gasteiger partial charge in [0.2, 0.25) is 0 Å². The van der Waals surface area contributed by atoms with Gasteiger partial charge in [0.05, 0.1) is 18.1 Å². The summed E-state index contributed by atoms with van der Waals surface area (Å²) in [6.45, 7) is 0.389. The van der Waals surface area contributed by atoms with Crippen LogP contribution in [-0.4, -0.2) is 27.7 Å². The molecule has 0 fully saturated rings.